The molecule has 0 aliphatic heterocycles. The number of likely N-dealkylation sites (N-methyl/N-ethyl adjacent to an activating group) is 1. The average Bonchev–Trinajstić information content (AvgIpc) is 2.37. The van der Waals surface area contributed by atoms with E-state index < -0.39 is 0 Å². The molecule has 0 heterocycles. The third kappa shape index (κ3) is 5.17. The maximum atomic E-state index is 5.72. The molecule has 0 aromatic heterocycles. The fraction of sp³-hybridized carbons (Fsp3) is 0.538. The van der Waals surface area contributed by atoms with E-state index in [-0.39, 0.29) is 0 Å². The summed E-state index contributed by atoms with van der Waals surface area (Å²) in [5, 5.41) is 0. The third-order valence-electron chi connectivity index (χ3n) is 2.60. The number of methoxy groups -OCH3 is 1. The zero-order chi connectivity index (χ0) is 12.5. The van der Waals surface area contributed by atoms with E-state index in [9.17, 15) is 0 Å². The van der Waals surface area contributed by atoms with Crippen LogP contribution in [0.1, 0.15) is 5.56 Å². The first-order valence-corrected chi connectivity index (χ1v) is 5.86. The number of para-hydroxylation sites is 1. The lowest BCUT2D eigenvalue weighted by molar-refractivity contribution is 0.150. The highest BCUT2D eigenvalue weighted by molar-refractivity contribution is 5.32. The van der Waals surface area contributed by atoms with Gasteiger partial charge in [-0.3, -0.25) is 0 Å². The maximum Gasteiger partial charge on any atom is 0.123 e. The number of ether oxygens (including phenoxy) is 2. The van der Waals surface area contributed by atoms with E-state index in [2.05, 4.69) is 11.9 Å². The van der Waals surface area contributed by atoms with Gasteiger partial charge in [-0.05, 0) is 13.1 Å². The molecule has 0 bridgehead atoms. The summed E-state index contributed by atoms with van der Waals surface area (Å²) in [6.07, 6.45) is 0. The molecule has 2 N–H and O–H groups in total. The van der Waals surface area contributed by atoms with Crippen molar-refractivity contribution in [2.45, 2.75) is 6.54 Å². The quantitative estimate of drug-likeness (QED) is 0.737. The number of hydrogen-bond donors (Lipinski definition) is 1. The molecule has 0 saturated heterocycles. The van der Waals surface area contributed by atoms with Crippen molar-refractivity contribution in [3.05, 3.63) is 29.8 Å². The minimum Gasteiger partial charge on any atom is -0.492 e. The zero-order valence-electron chi connectivity index (χ0n) is 10.7. The van der Waals surface area contributed by atoms with Gasteiger partial charge in [-0.2, -0.15) is 0 Å². The van der Waals surface area contributed by atoms with Gasteiger partial charge in [0.05, 0.1) is 6.61 Å². The summed E-state index contributed by atoms with van der Waals surface area (Å²) in [5.41, 5.74) is 6.69. The molecule has 4 heteroatoms. The van der Waals surface area contributed by atoms with Gasteiger partial charge in [0.1, 0.15) is 12.4 Å². The van der Waals surface area contributed by atoms with E-state index in [0.29, 0.717) is 13.2 Å². The Hall–Kier alpha value is -1.10. The Morgan fingerprint density at radius 1 is 1.18 bits per heavy atom. The summed E-state index contributed by atoms with van der Waals surface area (Å²) in [7, 11) is 3.76. The van der Waals surface area contributed by atoms with Crippen LogP contribution in [0.25, 0.3) is 0 Å². The molecular formula is C13H22N2O2. The Morgan fingerprint density at radius 3 is 2.59 bits per heavy atom. The van der Waals surface area contributed by atoms with Crippen molar-refractivity contribution in [2.24, 2.45) is 5.73 Å². The largest absolute Gasteiger partial charge is 0.492 e. The van der Waals surface area contributed by atoms with E-state index in [4.69, 9.17) is 15.2 Å². The fourth-order valence-electron chi connectivity index (χ4n) is 1.48. The van der Waals surface area contributed by atoms with Crippen LogP contribution in [0.3, 0.4) is 0 Å². The average molecular weight is 238 g/mol. The van der Waals surface area contributed by atoms with E-state index in [1.165, 1.54) is 0 Å². The highest BCUT2D eigenvalue weighted by Gasteiger charge is 2.02. The molecule has 0 unspecified atom stereocenters. The van der Waals surface area contributed by atoms with Gasteiger partial charge in [-0.15, -0.1) is 0 Å². The molecular weight excluding hydrogens is 216 g/mol. The van der Waals surface area contributed by atoms with Gasteiger partial charge in [-0.1, -0.05) is 18.2 Å². The molecule has 17 heavy (non-hydrogen) atoms. The lowest BCUT2D eigenvalue weighted by Crippen LogP contribution is -2.27. The number of benzene rings is 1. The van der Waals surface area contributed by atoms with Gasteiger partial charge < -0.3 is 20.1 Å². The number of rotatable bonds is 8. The molecule has 0 atom stereocenters. The molecule has 0 saturated carbocycles. The summed E-state index contributed by atoms with van der Waals surface area (Å²) in [6, 6.07) is 7.88. The second kappa shape index (κ2) is 8.06. The van der Waals surface area contributed by atoms with E-state index in [1.807, 2.05) is 24.3 Å². The maximum absolute atomic E-state index is 5.72. The third-order valence-corrected chi connectivity index (χ3v) is 2.60. The van der Waals surface area contributed by atoms with Crippen LogP contribution in [0.4, 0.5) is 0 Å². The first-order valence-electron chi connectivity index (χ1n) is 5.86. The van der Waals surface area contributed by atoms with Gasteiger partial charge in [0.15, 0.2) is 0 Å². The van der Waals surface area contributed by atoms with Crippen LogP contribution in [-0.4, -0.2) is 45.4 Å². The molecule has 0 fully saturated rings. The van der Waals surface area contributed by atoms with Gasteiger partial charge >= 0.3 is 0 Å². The molecule has 0 spiro atoms. The molecule has 0 amide bonds. The molecule has 4 nitrogen and oxygen atoms in total. The molecule has 1 rings (SSSR count). The SMILES string of the molecule is COCCN(C)CCOc1ccccc1CN. The summed E-state index contributed by atoms with van der Waals surface area (Å²) in [6.45, 7) is 3.71. The standard InChI is InChI=1S/C13H22N2O2/c1-15(7-9-16-2)8-10-17-13-6-4-3-5-12(13)11-14/h3-6H,7-11,14H2,1-2H3. The minimum absolute atomic E-state index is 0.510. The van der Waals surface area contributed by atoms with Crippen LogP contribution in [-0.2, 0) is 11.3 Å². The van der Waals surface area contributed by atoms with Gasteiger partial charge in [0.2, 0.25) is 0 Å². The summed E-state index contributed by atoms with van der Waals surface area (Å²) < 4.78 is 10.7. The van der Waals surface area contributed by atoms with Crippen LogP contribution in [0.5, 0.6) is 5.75 Å². The van der Waals surface area contributed by atoms with Crippen molar-refractivity contribution in [2.75, 3.05) is 40.5 Å². The second-order valence-electron chi connectivity index (χ2n) is 3.96. The first kappa shape index (κ1) is 14.0. The van der Waals surface area contributed by atoms with Gasteiger partial charge in [0, 0.05) is 32.3 Å². The number of hydrogen-bond acceptors (Lipinski definition) is 4. The van der Waals surface area contributed by atoms with Crippen molar-refractivity contribution in [1.82, 2.24) is 4.90 Å². The van der Waals surface area contributed by atoms with Crippen molar-refractivity contribution >= 4 is 0 Å². The van der Waals surface area contributed by atoms with Crippen LogP contribution < -0.4 is 10.5 Å². The monoisotopic (exact) mass is 238 g/mol. The Balaban J connectivity index is 2.30. The summed E-state index contributed by atoms with van der Waals surface area (Å²) >= 11 is 0. The smallest absolute Gasteiger partial charge is 0.123 e. The van der Waals surface area contributed by atoms with E-state index in [0.717, 1.165) is 31.0 Å². The zero-order valence-corrected chi connectivity index (χ0v) is 10.7. The first-order chi connectivity index (χ1) is 8.27. The van der Waals surface area contributed by atoms with Crippen molar-refractivity contribution in [3.63, 3.8) is 0 Å². The van der Waals surface area contributed by atoms with Crippen LogP contribution in [0.15, 0.2) is 24.3 Å². The van der Waals surface area contributed by atoms with Gasteiger partial charge in [-0.25, -0.2) is 0 Å². The normalized spacial score (nSPS) is 10.8. The number of nitrogens with zero attached hydrogens (tertiary/aromatic N) is 1. The van der Waals surface area contributed by atoms with Crippen molar-refractivity contribution in [1.29, 1.82) is 0 Å². The van der Waals surface area contributed by atoms with Crippen LogP contribution in [0.2, 0.25) is 0 Å². The second-order valence-corrected chi connectivity index (χ2v) is 3.96. The predicted molar refractivity (Wildman–Crippen MR) is 69.2 cm³/mol. The predicted octanol–water partition coefficient (Wildman–Crippen LogP) is 1.10. The fourth-order valence-corrected chi connectivity index (χ4v) is 1.48. The Kier molecular flexibility index (Phi) is 6.62. The Bertz CT molecular complexity index is 318. The molecule has 1 aromatic carbocycles. The van der Waals surface area contributed by atoms with Gasteiger partial charge in [0.25, 0.3) is 0 Å². The topological polar surface area (TPSA) is 47.7 Å². The minimum atomic E-state index is 0.510. The van der Waals surface area contributed by atoms with Crippen molar-refractivity contribution < 1.29 is 9.47 Å². The number of nitrogens with two attached hydrogens (primary N) is 1. The summed E-state index contributed by atoms with van der Waals surface area (Å²) in [5.74, 6) is 0.884. The van der Waals surface area contributed by atoms with Crippen LogP contribution in [0, 0.1) is 0 Å². The molecule has 0 radical (unpaired) electrons. The van der Waals surface area contributed by atoms with Crippen molar-refractivity contribution in [3.8, 4) is 5.75 Å². The molecule has 1 aromatic rings. The van der Waals surface area contributed by atoms with Crippen LogP contribution >= 0.6 is 0 Å². The molecule has 0 aliphatic carbocycles. The van der Waals surface area contributed by atoms with E-state index in [1.54, 1.807) is 7.11 Å². The highest BCUT2D eigenvalue weighted by atomic mass is 16.5. The summed E-state index contributed by atoms with van der Waals surface area (Å²) in [4.78, 5) is 2.18. The highest BCUT2D eigenvalue weighted by Crippen LogP contribution is 2.16. The lowest BCUT2D eigenvalue weighted by atomic mass is 10.2. The molecule has 96 valence electrons. The molecule has 0 aliphatic rings. The Morgan fingerprint density at radius 2 is 1.88 bits per heavy atom. The Labute approximate surface area is 103 Å². The lowest BCUT2D eigenvalue weighted by Gasteiger charge is -2.17. The van der Waals surface area contributed by atoms with E-state index >= 15 is 0 Å².